The highest BCUT2D eigenvalue weighted by Gasteiger charge is 2.28. The van der Waals surface area contributed by atoms with Gasteiger partial charge in [-0.25, -0.2) is 0 Å². The summed E-state index contributed by atoms with van der Waals surface area (Å²) in [6, 6.07) is 2.10. The lowest BCUT2D eigenvalue weighted by atomic mass is 10.0. The minimum atomic E-state index is 0.0994. The molecule has 60 valence electrons. The summed E-state index contributed by atoms with van der Waals surface area (Å²) >= 11 is 1.33. The normalized spacial score (nSPS) is 27.2. The number of allylic oxidation sites excluding steroid dienone is 1. The number of ketones is 1. The molecule has 0 aromatic rings. The molecule has 0 amide bonds. The van der Waals surface area contributed by atoms with Gasteiger partial charge in [-0.2, -0.15) is 5.26 Å². The van der Waals surface area contributed by atoms with Crippen LogP contribution in [0.3, 0.4) is 0 Å². The Labute approximate surface area is 74.2 Å². The fraction of sp³-hybridized carbons (Fsp3) is 0.375. The lowest BCUT2D eigenvalue weighted by Crippen LogP contribution is -2.12. The van der Waals surface area contributed by atoms with E-state index in [9.17, 15) is 4.79 Å². The molecule has 1 atom stereocenters. The minimum Gasteiger partial charge on any atom is -0.295 e. The minimum absolute atomic E-state index is 0.0994. The molecule has 0 fully saturated rings. The molecule has 0 N–H and O–H groups in total. The molecule has 0 aromatic carbocycles. The van der Waals surface area contributed by atoms with Crippen molar-refractivity contribution in [1.82, 2.24) is 0 Å². The van der Waals surface area contributed by atoms with E-state index >= 15 is 0 Å². The molecule has 1 aliphatic carbocycles. The van der Waals surface area contributed by atoms with Crippen LogP contribution in [0, 0.1) is 11.3 Å². The first-order valence-corrected chi connectivity index (χ1v) is 4.51. The number of thioether (sulfide) groups is 1. The van der Waals surface area contributed by atoms with Gasteiger partial charge in [0, 0.05) is 11.3 Å². The summed E-state index contributed by atoms with van der Waals surface area (Å²) in [5, 5.41) is 9.05. The number of nitriles is 1. The first-order valence-electron chi connectivity index (χ1n) is 3.70. The zero-order valence-electron chi connectivity index (χ0n) is 6.28. The Hall–Kier alpha value is -1.08. The quantitative estimate of drug-likeness (QED) is 0.561. The smallest absolute Gasteiger partial charge is 0.174 e. The van der Waals surface area contributed by atoms with Crippen molar-refractivity contribution in [2.45, 2.75) is 18.9 Å². The molecule has 2 aliphatic rings. The Kier molecular flexibility index (Phi) is 1.74. The number of hydrogen-bond acceptors (Lipinski definition) is 4. The molecule has 1 aliphatic heterocycles. The summed E-state index contributed by atoms with van der Waals surface area (Å²) in [6.45, 7) is 0. The molecule has 0 radical (unpaired) electrons. The molecule has 0 saturated carbocycles. The molecule has 3 nitrogen and oxygen atoms in total. The zero-order valence-corrected chi connectivity index (χ0v) is 7.10. The molecule has 1 heterocycles. The zero-order chi connectivity index (χ0) is 8.55. The average Bonchev–Trinajstić information content (AvgIpc) is 2.46. The van der Waals surface area contributed by atoms with Crippen LogP contribution in [0.1, 0.15) is 12.8 Å². The van der Waals surface area contributed by atoms with E-state index in [1.165, 1.54) is 11.8 Å². The Morgan fingerprint density at radius 3 is 3.33 bits per heavy atom. The standard InChI is InChI=1S/C8H6N2OS/c9-4-8-10-6-2-1-5(11)3-7(6)12-8/h3,6H,1-2H2. The maximum absolute atomic E-state index is 11.0. The summed E-state index contributed by atoms with van der Waals surface area (Å²) in [4.78, 5) is 16.1. The van der Waals surface area contributed by atoms with Crippen LogP contribution in [0.4, 0.5) is 0 Å². The number of aliphatic imine (C=N–C) groups is 1. The van der Waals surface area contributed by atoms with Gasteiger partial charge in [0.2, 0.25) is 0 Å². The summed E-state index contributed by atoms with van der Waals surface area (Å²) in [5.41, 5.74) is 0. The molecule has 0 saturated heterocycles. The third kappa shape index (κ3) is 1.16. The lowest BCUT2D eigenvalue weighted by Gasteiger charge is -2.11. The average molecular weight is 178 g/mol. The monoisotopic (exact) mass is 178 g/mol. The van der Waals surface area contributed by atoms with Crippen LogP contribution in [0.25, 0.3) is 0 Å². The second-order valence-corrected chi connectivity index (χ2v) is 3.78. The highest BCUT2D eigenvalue weighted by atomic mass is 32.2. The molecule has 12 heavy (non-hydrogen) atoms. The summed E-state index contributed by atoms with van der Waals surface area (Å²) in [7, 11) is 0. The molecule has 4 heteroatoms. The van der Waals surface area contributed by atoms with Crippen molar-refractivity contribution in [2.24, 2.45) is 4.99 Å². The lowest BCUT2D eigenvalue weighted by molar-refractivity contribution is -0.115. The Bertz CT molecular complexity index is 337. The van der Waals surface area contributed by atoms with E-state index in [0.29, 0.717) is 11.5 Å². The van der Waals surface area contributed by atoms with E-state index in [1.807, 2.05) is 6.07 Å². The van der Waals surface area contributed by atoms with Crippen molar-refractivity contribution in [1.29, 1.82) is 5.26 Å². The summed E-state index contributed by atoms with van der Waals surface area (Å²) in [6.07, 6.45) is 2.95. The van der Waals surface area contributed by atoms with Gasteiger partial charge in [0.1, 0.15) is 6.07 Å². The number of hydrogen-bond donors (Lipinski definition) is 0. The van der Waals surface area contributed by atoms with Gasteiger partial charge >= 0.3 is 0 Å². The van der Waals surface area contributed by atoms with E-state index in [2.05, 4.69) is 4.99 Å². The van der Waals surface area contributed by atoms with E-state index in [0.717, 1.165) is 11.3 Å². The fourth-order valence-electron chi connectivity index (χ4n) is 1.31. The van der Waals surface area contributed by atoms with E-state index in [1.54, 1.807) is 6.08 Å². The molecule has 1 unspecified atom stereocenters. The van der Waals surface area contributed by atoms with Crippen LogP contribution in [0.15, 0.2) is 16.0 Å². The van der Waals surface area contributed by atoms with Gasteiger partial charge in [-0.1, -0.05) is 11.8 Å². The van der Waals surface area contributed by atoms with Crippen LogP contribution in [-0.4, -0.2) is 16.9 Å². The van der Waals surface area contributed by atoms with Crippen LogP contribution in [0.2, 0.25) is 0 Å². The second kappa shape index (κ2) is 2.76. The van der Waals surface area contributed by atoms with Crippen molar-refractivity contribution < 1.29 is 4.79 Å². The summed E-state index contributed by atoms with van der Waals surface area (Å²) < 4.78 is 0. The maximum atomic E-state index is 11.0. The number of rotatable bonds is 0. The number of carbonyl (C=O) groups is 1. The molecule has 0 spiro atoms. The van der Waals surface area contributed by atoms with Crippen molar-refractivity contribution in [3.05, 3.63) is 11.0 Å². The van der Waals surface area contributed by atoms with Gasteiger partial charge in [-0.3, -0.25) is 9.79 Å². The topological polar surface area (TPSA) is 53.2 Å². The number of carbonyl (C=O) groups excluding carboxylic acids is 1. The Balaban J connectivity index is 2.28. The molecule has 0 aromatic heterocycles. The predicted molar refractivity (Wildman–Crippen MR) is 46.8 cm³/mol. The van der Waals surface area contributed by atoms with Gasteiger partial charge < -0.3 is 0 Å². The molecule has 0 bridgehead atoms. The van der Waals surface area contributed by atoms with Crippen molar-refractivity contribution >= 4 is 22.6 Å². The van der Waals surface area contributed by atoms with E-state index < -0.39 is 0 Å². The SMILES string of the molecule is N#CC1=NC2CCC(=O)C=C2S1. The van der Waals surface area contributed by atoms with Crippen LogP contribution >= 0.6 is 11.8 Å². The molecular weight excluding hydrogens is 172 g/mol. The van der Waals surface area contributed by atoms with Crippen LogP contribution < -0.4 is 0 Å². The van der Waals surface area contributed by atoms with Gasteiger partial charge in [-0.15, -0.1) is 0 Å². The highest BCUT2D eigenvalue weighted by molar-refractivity contribution is 8.18. The Morgan fingerprint density at radius 2 is 2.58 bits per heavy atom. The van der Waals surface area contributed by atoms with Gasteiger partial charge in [0.05, 0.1) is 6.04 Å². The largest absolute Gasteiger partial charge is 0.295 e. The Morgan fingerprint density at radius 1 is 1.75 bits per heavy atom. The fourth-order valence-corrected chi connectivity index (χ4v) is 2.25. The molecular formula is C8H6N2OS. The van der Waals surface area contributed by atoms with Crippen LogP contribution in [0.5, 0.6) is 0 Å². The highest BCUT2D eigenvalue weighted by Crippen LogP contribution is 2.35. The maximum Gasteiger partial charge on any atom is 0.174 e. The van der Waals surface area contributed by atoms with E-state index in [-0.39, 0.29) is 11.8 Å². The second-order valence-electron chi connectivity index (χ2n) is 2.72. The third-order valence-corrected chi connectivity index (χ3v) is 2.89. The number of nitrogens with zero attached hydrogens (tertiary/aromatic N) is 2. The number of fused-ring (bicyclic) bond motifs is 1. The third-order valence-electron chi connectivity index (χ3n) is 1.88. The predicted octanol–water partition coefficient (Wildman–Crippen LogP) is 1.27. The van der Waals surface area contributed by atoms with Crippen molar-refractivity contribution in [3.8, 4) is 6.07 Å². The van der Waals surface area contributed by atoms with Crippen LogP contribution in [-0.2, 0) is 4.79 Å². The van der Waals surface area contributed by atoms with E-state index in [4.69, 9.17) is 5.26 Å². The van der Waals surface area contributed by atoms with Crippen molar-refractivity contribution in [2.75, 3.05) is 0 Å². The molecule has 2 rings (SSSR count). The van der Waals surface area contributed by atoms with Gasteiger partial charge in [0.15, 0.2) is 10.8 Å². The first-order chi connectivity index (χ1) is 5.79. The summed E-state index contributed by atoms with van der Waals surface area (Å²) in [5.74, 6) is 0.156. The van der Waals surface area contributed by atoms with Gasteiger partial charge in [-0.05, 0) is 12.5 Å². The first kappa shape index (κ1) is 7.56. The van der Waals surface area contributed by atoms with Gasteiger partial charge in [0.25, 0.3) is 0 Å². The van der Waals surface area contributed by atoms with Crippen molar-refractivity contribution in [3.63, 3.8) is 0 Å².